The second kappa shape index (κ2) is 3.81. The maximum absolute atomic E-state index is 11.6. The molecule has 13 heavy (non-hydrogen) atoms. The molecule has 2 rings (SSSR count). The fourth-order valence-electron chi connectivity index (χ4n) is 2.56. The Labute approximate surface area is 80.9 Å². The predicted octanol–water partition coefficient (Wildman–Crippen LogP) is 3.18. The summed E-state index contributed by atoms with van der Waals surface area (Å²) in [6.07, 6.45) is 8.50. The fraction of sp³-hybridized carbons (Fsp3) is 0.917. The first-order chi connectivity index (χ1) is 6.29. The van der Waals surface area contributed by atoms with E-state index in [1.165, 1.54) is 32.1 Å². The molecule has 2 saturated carbocycles. The van der Waals surface area contributed by atoms with Gasteiger partial charge in [-0.25, -0.2) is 0 Å². The summed E-state index contributed by atoms with van der Waals surface area (Å²) in [6, 6.07) is 0. The van der Waals surface area contributed by atoms with Crippen LogP contribution in [0.5, 0.6) is 0 Å². The van der Waals surface area contributed by atoms with Gasteiger partial charge in [0, 0.05) is 12.3 Å². The molecule has 2 atom stereocenters. The predicted molar refractivity (Wildman–Crippen MR) is 53.5 cm³/mol. The minimum Gasteiger partial charge on any atom is -0.299 e. The van der Waals surface area contributed by atoms with E-state index in [0.29, 0.717) is 11.7 Å². The van der Waals surface area contributed by atoms with Crippen LogP contribution in [0.25, 0.3) is 0 Å². The summed E-state index contributed by atoms with van der Waals surface area (Å²) in [5.41, 5.74) is 0. The van der Waals surface area contributed by atoms with Crippen LogP contribution in [-0.2, 0) is 4.79 Å². The summed E-state index contributed by atoms with van der Waals surface area (Å²) in [5, 5.41) is 0. The van der Waals surface area contributed by atoms with Crippen molar-refractivity contribution in [3.8, 4) is 0 Å². The fourth-order valence-corrected chi connectivity index (χ4v) is 2.56. The Morgan fingerprint density at radius 2 is 2.00 bits per heavy atom. The molecule has 0 radical (unpaired) electrons. The Bertz CT molecular complexity index is 193. The van der Waals surface area contributed by atoms with Crippen molar-refractivity contribution in [2.75, 3.05) is 0 Å². The number of rotatable bonds is 3. The molecule has 74 valence electrons. The highest BCUT2D eigenvalue weighted by molar-refractivity contribution is 5.81. The third kappa shape index (κ3) is 2.32. The van der Waals surface area contributed by atoms with Gasteiger partial charge >= 0.3 is 0 Å². The topological polar surface area (TPSA) is 17.1 Å². The van der Waals surface area contributed by atoms with Crippen LogP contribution < -0.4 is 0 Å². The Morgan fingerprint density at radius 3 is 2.62 bits per heavy atom. The molecule has 0 bridgehead atoms. The summed E-state index contributed by atoms with van der Waals surface area (Å²) >= 11 is 0. The third-order valence-electron chi connectivity index (χ3n) is 3.76. The Hall–Kier alpha value is -0.330. The molecular formula is C12H20O. The van der Waals surface area contributed by atoms with Gasteiger partial charge < -0.3 is 0 Å². The van der Waals surface area contributed by atoms with Gasteiger partial charge in [-0.05, 0) is 31.1 Å². The lowest BCUT2D eigenvalue weighted by Gasteiger charge is -2.27. The molecule has 0 heterocycles. The van der Waals surface area contributed by atoms with E-state index in [-0.39, 0.29) is 0 Å². The molecule has 0 spiro atoms. The number of hydrogen-bond donors (Lipinski definition) is 0. The smallest absolute Gasteiger partial charge is 0.136 e. The minimum absolute atomic E-state index is 0.450. The molecule has 0 N–H and O–H groups in total. The first-order valence-corrected chi connectivity index (χ1v) is 5.82. The molecule has 2 fully saturated rings. The molecule has 0 amide bonds. The highest BCUT2D eigenvalue weighted by Gasteiger charge is 2.33. The van der Waals surface area contributed by atoms with Gasteiger partial charge in [0.1, 0.15) is 5.78 Å². The van der Waals surface area contributed by atoms with Crippen molar-refractivity contribution in [2.45, 2.75) is 51.9 Å². The van der Waals surface area contributed by atoms with Gasteiger partial charge in [-0.3, -0.25) is 4.79 Å². The lowest BCUT2D eigenvalue weighted by molar-refractivity contribution is -0.126. The zero-order chi connectivity index (χ0) is 9.26. The lowest BCUT2D eigenvalue weighted by Crippen LogP contribution is -2.25. The molecule has 0 saturated heterocycles. The second-order valence-electron chi connectivity index (χ2n) is 4.89. The maximum atomic E-state index is 11.6. The van der Waals surface area contributed by atoms with E-state index in [1.54, 1.807) is 0 Å². The van der Waals surface area contributed by atoms with Crippen molar-refractivity contribution in [3.05, 3.63) is 0 Å². The standard InChI is InChI=1S/C12H20O/c1-2-9-5-6-12(13)11(7-9)8-10-3-4-10/h9-11H,2-8H2,1H3. The lowest BCUT2D eigenvalue weighted by atomic mass is 9.77. The van der Waals surface area contributed by atoms with Crippen molar-refractivity contribution >= 4 is 5.78 Å². The van der Waals surface area contributed by atoms with Gasteiger partial charge in [0.25, 0.3) is 0 Å². The van der Waals surface area contributed by atoms with Gasteiger partial charge in [-0.2, -0.15) is 0 Å². The van der Waals surface area contributed by atoms with Crippen LogP contribution in [0, 0.1) is 17.8 Å². The summed E-state index contributed by atoms with van der Waals surface area (Å²) in [7, 11) is 0. The van der Waals surface area contributed by atoms with Gasteiger partial charge in [0.15, 0.2) is 0 Å². The van der Waals surface area contributed by atoms with Gasteiger partial charge in [0.2, 0.25) is 0 Å². The maximum Gasteiger partial charge on any atom is 0.136 e. The Balaban J connectivity index is 1.86. The van der Waals surface area contributed by atoms with E-state index < -0.39 is 0 Å². The molecule has 1 nitrogen and oxygen atoms in total. The number of carbonyl (C=O) groups is 1. The summed E-state index contributed by atoms with van der Waals surface area (Å²) < 4.78 is 0. The zero-order valence-corrected chi connectivity index (χ0v) is 8.59. The highest BCUT2D eigenvalue weighted by atomic mass is 16.1. The third-order valence-corrected chi connectivity index (χ3v) is 3.76. The molecule has 0 aromatic rings. The Kier molecular flexibility index (Phi) is 2.71. The van der Waals surface area contributed by atoms with Crippen LogP contribution >= 0.6 is 0 Å². The van der Waals surface area contributed by atoms with Gasteiger partial charge in [-0.1, -0.05) is 26.2 Å². The number of carbonyl (C=O) groups excluding carboxylic acids is 1. The molecule has 0 aromatic carbocycles. The molecule has 0 aliphatic heterocycles. The average molecular weight is 180 g/mol. The average Bonchev–Trinajstić information content (AvgIpc) is 2.93. The zero-order valence-electron chi connectivity index (χ0n) is 8.59. The Morgan fingerprint density at radius 1 is 1.23 bits per heavy atom. The molecule has 2 aliphatic rings. The highest BCUT2D eigenvalue weighted by Crippen LogP contribution is 2.40. The molecule has 2 aliphatic carbocycles. The van der Waals surface area contributed by atoms with Gasteiger partial charge in [-0.15, -0.1) is 0 Å². The van der Waals surface area contributed by atoms with E-state index in [1.807, 2.05) is 0 Å². The summed E-state index contributed by atoms with van der Waals surface area (Å²) in [4.78, 5) is 11.6. The normalized spacial score (nSPS) is 35.0. The van der Waals surface area contributed by atoms with E-state index in [9.17, 15) is 4.79 Å². The first-order valence-electron chi connectivity index (χ1n) is 5.82. The van der Waals surface area contributed by atoms with E-state index in [0.717, 1.165) is 24.7 Å². The largest absolute Gasteiger partial charge is 0.299 e. The second-order valence-corrected chi connectivity index (χ2v) is 4.89. The van der Waals surface area contributed by atoms with Crippen LogP contribution in [0.2, 0.25) is 0 Å². The molecule has 1 heteroatoms. The van der Waals surface area contributed by atoms with E-state index in [2.05, 4.69) is 6.92 Å². The van der Waals surface area contributed by atoms with Crippen LogP contribution in [0.1, 0.15) is 51.9 Å². The number of ketones is 1. The molecule has 2 unspecified atom stereocenters. The van der Waals surface area contributed by atoms with Crippen molar-refractivity contribution < 1.29 is 4.79 Å². The minimum atomic E-state index is 0.450. The van der Waals surface area contributed by atoms with Gasteiger partial charge in [0.05, 0.1) is 0 Å². The summed E-state index contributed by atoms with van der Waals surface area (Å²) in [6.45, 7) is 2.26. The molecular weight excluding hydrogens is 160 g/mol. The first kappa shape index (κ1) is 9.23. The van der Waals surface area contributed by atoms with Crippen LogP contribution in [0.3, 0.4) is 0 Å². The van der Waals surface area contributed by atoms with E-state index >= 15 is 0 Å². The summed E-state index contributed by atoms with van der Waals surface area (Å²) in [5.74, 6) is 2.79. The molecule has 0 aromatic heterocycles. The number of Topliss-reactive ketones (excluding diaryl/α,β-unsaturated/α-hetero) is 1. The van der Waals surface area contributed by atoms with Crippen molar-refractivity contribution in [3.63, 3.8) is 0 Å². The van der Waals surface area contributed by atoms with E-state index in [4.69, 9.17) is 0 Å². The number of hydrogen-bond acceptors (Lipinski definition) is 1. The van der Waals surface area contributed by atoms with Crippen LogP contribution in [0.4, 0.5) is 0 Å². The monoisotopic (exact) mass is 180 g/mol. The van der Waals surface area contributed by atoms with Crippen molar-refractivity contribution in [2.24, 2.45) is 17.8 Å². The quantitative estimate of drug-likeness (QED) is 0.652. The van der Waals surface area contributed by atoms with Crippen LogP contribution in [0.15, 0.2) is 0 Å². The van der Waals surface area contributed by atoms with Crippen LogP contribution in [-0.4, -0.2) is 5.78 Å². The SMILES string of the molecule is CCC1CCC(=O)C(CC2CC2)C1. The van der Waals surface area contributed by atoms with Crippen molar-refractivity contribution in [1.29, 1.82) is 0 Å². The van der Waals surface area contributed by atoms with Crippen molar-refractivity contribution in [1.82, 2.24) is 0 Å².